The van der Waals surface area contributed by atoms with Gasteiger partial charge in [0.2, 0.25) is 5.82 Å². The number of nitrogens with zero attached hydrogens (tertiary/aromatic N) is 7. The zero-order valence-corrected chi connectivity index (χ0v) is 21.6. The van der Waals surface area contributed by atoms with Gasteiger partial charge in [0.1, 0.15) is 11.6 Å². The average Bonchev–Trinajstić information content (AvgIpc) is 3.55. The molecule has 0 radical (unpaired) electrons. The Morgan fingerprint density at radius 1 is 1.08 bits per heavy atom. The third-order valence-corrected chi connectivity index (χ3v) is 6.36. The predicted octanol–water partition coefficient (Wildman–Crippen LogP) is 4.02. The molecule has 0 atom stereocenters. The molecule has 1 aliphatic rings. The van der Waals surface area contributed by atoms with Crippen molar-refractivity contribution in [1.29, 1.82) is 0 Å². The Balaban J connectivity index is 1.20. The molecule has 0 amide bonds. The number of hydrogen-bond acceptors (Lipinski definition) is 9. The molecule has 39 heavy (non-hydrogen) atoms. The molecule has 10 nitrogen and oxygen atoms in total. The Labute approximate surface area is 223 Å². The van der Waals surface area contributed by atoms with Crippen LogP contribution in [0.1, 0.15) is 11.3 Å². The third kappa shape index (κ3) is 6.92. The summed E-state index contributed by atoms with van der Waals surface area (Å²) in [5.41, 5.74) is 2.86. The zero-order chi connectivity index (χ0) is 27.4. The van der Waals surface area contributed by atoms with Crippen LogP contribution in [-0.4, -0.2) is 82.6 Å². The first-order chi connectivity index (χ1) is 18.7. The van der Waals surface area contributed by atoms with Crippen molar-refractivity contribution in [2.24, 2.45) is 0 Å². The maximum Gasteiger partial charge on any atom is 0.573 e. The van der Waals surface area contributed by atoms with Gasteiger partial charge in [0.05, 0.1) is 19.8 Å². The smallest absolute Gasteiger partial charge is 0.406 e. The van der Waals surface area contributed by atoms with Gasteiger partial charge in [0.15, 0.2) is 5.69 Å². The topological polar surface area (TPSA) is 94.6 Å². The first kappa shape index (κ1) is 26.6. The Morgan fingerprint density at radius 2 is 1.85 bits per heavy atom. The van der Waals surface area contributed by atoms with Gasteiger partial charge in [0, 0.05) is 50.7 Å². The lowest BCUT2D eigenvalue weighted by Gasteiger charge is -2.28. The quantitative estimate of drug-likeness (QED) is 0.310. The third-order valence-electron chi connectivity index (χ3n) is 6.36. The molecule has 3 aromatic heterocycles. The first-order valence-electron chi connectivity index (χ1n) is 12.4. The number of rotatable bonds is 9. The van der Waals surface area contributed by atoms with Gasteiger partial charge >= 0.3 is 6.36 Å². The van der Waals surface area contributed by atoms with Crippen LogP contribution in [0.2, 0.25) is 0 Å². The van der Waals surface area contributed by atoms with Crippen LogP contribution in [0.3, 0.4) is 0 Å². The largest absolute Gasteiger partial charge is 0.573 e. The number of hydrogen-bond donors (Lipinski definition) is 0. The lowest BCUT2D eigenvalue weighted by atomic mass is 10.2. The number of ether oxygens (including phenoxy) is 2. The maximum atomic E-state index is 12.4. The minimum Gasteiger partial charge on any atom is -0.406 e. The van der Waals surface area contributed by atoms with Crippen LogP contribution in [0.25, 0.3) is 23.0 Å². The van der Waals surface area contributed by atoms with Crippen LogP contribution >= 0.6 is 0 Å². The van der Waals surface area contributed by atoms with Gasteiger partial charge in [-0.3, -0.25) is 9.58 Å². The van der Waals surface area contributed by atoms with Crippen LogP contribution in [0.4, 0.5) is 19.0 Å². The highest BCUT2D eigenvalue weighted by Gasteiger charge is 2.31. The van der Waals surface area contributed by atoms with Gasteiger partial charge in [-0.15, -0.1) is 13.2 Å². The highest BCUT2D eigenvalue weighted by atomic mass is 19.4. The molecule has 0 saturated carbocycles. The molecule has 4 heterocycles. The highest BCUT2D eigenvalue weighted by Crippen LogP contribution is 2.27. The van der Waals surface area contributed by atoms with Crippen LogP contribution in [0, 0.1) is 6.92 Å². The molecule has 13 heteroatoms. The van der Waals surface area contributed by atoms with Crippen molar-refractivity contribution in [3.05, 3.63) is 59.9 Å². The molecule has 1 aliphatic heterocycles. The second kappa shape index (κ2) is 11.4. The maximum absolute atomic E-state index is 12.4. The number of aromatic nitrogens is 5. The summed E-state index contributed by atoms with van der Waals surface area (Å²) in [4.78, 5) is 13.5. The molecular weight excluding hydrogens is 515 g/mol. The van der Waals surface area contributed by atoms with E-state index in [1.807, 2.05) is 43.0 Å². The minimum absolute atomic E-state index is 0.206. The first-order valence-corrected chi connectivity index (χ1v) is 12.4. The predicted molar refractivity (Wildman–Crippen MR) is 136 cm³/mol. The molecule has 1 saturated heterocycles. The van der Waals surface area contributed by atoms with Gasteiger partial charge in [-0.25, -0.2) is 4.98 Å². The molecule has 5 rings (SSSR count). The number of anilines is 1. The summed E-state index contributed by atoms with van der Waals surface area (Å²) >= 11 is 0. The Bertz CT molecular complexity index is 1360. The number of alkyl halides is 3. The fourth-order valence-corrected chi connectivity index (χ4v) is 4.16. The number of morpholine rings is 1. The van der Waals surface area contributed by atoms with E-state index in [0.717, 1.165) is 56.5 Å². The Hall–Kier alpha value is -3.97. The number of pyridine rings is 1. The van der Waals surface area contributed by atoms with Gasteiger partial charge in [-0.05, 0) is 48.9 Å². The van der Waals surface area contributed by atoms with Gasteiger partial charge in [0.25, 0.3) is 5.89 Å². The van der Waals surface area contributed by atoms with Crippen molar-refractivity contribution < 1.29 is 27.2 Å². The van der Waals surface area contributed by atoms with E-state index in [1.54, 1.807) is 0 Å². The van der Waals surface area contributed by atoms with Crippen molar-refractivity contribution in [1.82, 2.24) is 29.8 Å². The van der Waals surface area contributed by atoms with Crippen LogP contribution in [0.15, 0.2) is 53.2 Å². The van der Waals surface area contributed by atoms with E-state index in [0.29, 0.717) is 17.8 Å². The van der Waals surface area contributed by atoms with Crippen LogP contribution in [0.5, 0.6) is 5.75 Å². The standard InChI is InChI=1S/C26H28F3N7O3/c1-18-15-22(25-31-24(33-39-25)20-4-6-21(7-5-20)38-26(27,28)29)32-36(18)17-19-3-8-23(30-16-19)34(2)9-10-35-11-13-37-14-12-35/h3-8,15-16H,9-14,17H2,1-2H3. The van der Waals surface area contributed by atoms with Crippen LogP contribution < -0.4 is 9.64 Å². The summed E-state index contributed by atoms with van der Waals surface area (Å²) in [6, 6.07) is 11.1. The van der Waals surface area contributed by atoms with Gasteiger partial charge < -0.3 is 18.9 Å². The molecule has 0 bridgehead atoms. The van der Waals surface area contributed by atoms with Crippen molar-refractivity contribution in [2.45, 2.75) is 19.8 Å². The van der Waals surface area contributed by atoms with Crippen molar-refractivity contribution in [3.8, 4) is 28.7 Å². The molecular formula is C26H28F3N7O3. The minimum atomic E-state index is -4.75. The summed E-state index contributed by atoms with van der Waals surface area (Å²) < 4.78 is 53.6. The number of halogens is 3. The second-order valence-corrected chi connectivity index (χ2v) is 9.22. The fourth-order valence-electron chi connectivity index (χ4n) is 4.16. The van der Waals surface area contributed by atoms with Crippen molar-refractivity contribution in [2.75, 3.05) is 51.3 Å². The average molecular weight is 544 g/mol. The molecule has 1 aromatic carbocycles. The summed E-state index contributed by atoms with van der Waals surface area (Å²) in [6.07, 6.45) is -2.91. The summed E-state index contributed by atoms with van der Waals surface area (Å²) in [7, 11) is 2.04. The van der Waals surface area contributed by atoms with E-state index in [-0.39, 0.29) is 17.5 Å². The Morgan fingerprint density at radius 3 is 2.54 bits per heavy atom. The van der Waals surface area contributed by atoms with E-state index in [2.05, 4.69) is 34.8 Å². The zero-order valence-electron chi connectivity index (χ0n) is 21.6. The van der Waals surface area contributed by atoms with E-state index in [4.69, 9.17) is 9.26 Å². The normalized spacial score (nSPS) is 14.5. The lowest BCUT2D eigenvalue weighted by Crippen LogP contribution is -2.40. The molecule has 4 aromatic rings. The second-order valence-electron chi connectivity index (χ2n) is 9.22. The monoisotopic (exact) mass is 543 g/mol. The lowest BCUT2D eigenvalue weighted by molar-refractivity contribution is -0.274. The Kier molecular flexibility index (Phi) is 7.79. The molecule has 0 N–H and O–H groups in total. The fraction of sp³-hybridized carbons (Fsp3) is 0.385. The number of aryl methyl sites for hydroxylation is 1. The molecule has 1 fully saturated rings. The van der Waals surface area contributed by atoms with Gasteiger partial charge in [-0.2, -0.15) is 10.1 Å². The van der Waals surface area contributed by atoms with Crippen molar-refractivity contribution >= 4 is 5.82 Å². The van der Waals surface area contributed by atoms with Crippen LogP contribution in [-0.2, 0) is 11.3 Å². The number of likely N-dealkylation sites (N-methyl/N-ethyl adjacent to an activating group) is 1. The molecule has 0 spiro atoms. The SMILES string of the molecule is Cc1cc(-c2nc(-c3ccc(OC(F)(F)F)cc3)no2)nn1Cc1ccc(N(C)CCN2CCOCC2)nc1. The molecule has 206 valence electrons. The van der Waals surface area contributed by atoms with E-state index in [9.17, 15) is 13.2 Å². The summed E-state index contributed by atoms with van der Waals surface area (Å²) in [5, 5.41) is 8.54. The summed E-state index contributed by atoms with van der Waals surface area (Å²) in [6.45, 7) is 7.79. The van der Waals surface area contributed by atoms with Crippen molar-refractivity contribution in [3.63, 3.8) is 0 Å². The van der Waals surface area contributed by atoms with E-state index >= 15 is 0 Å². The highest BCUT2D eigenvalue weighted by molar-refractivity contribution is 5.59. The number of benzene rings is 1. The molecule has 0 unspecified atom stereocenters. The van der Waals surface area contributed by atoms with E-state index in [1.165, 1.54) is 24.3 Å². The van der Waals surface area contributed by atoms with Gasteiger partial charge in [-0.1, -0.05) is 11.2 Å². The van der Waals surface area contributed by atoms with E-state index < -0.39 is 6.36 Å². The summed E-state index contributed by atoms with van der Waals surface area (Å²) in [5.74, 6) is 1.01. The molecule has 0 aliphatic carbocycles.